The van der Waals surface area contributed by atoms with Crippen molar-refractivity contribution in [2.75, 3.05) is 0 Å². The van der Waals surface area contributed by atoms with E-state index in [0.717, 1.165) is 5.56 Å². The number of aryl methyl sites for hydroxylation is 1. The van der Waals surface area contributed by atoms with Crippen molar-refractivity contribution in [3.05, 3.63) is 58.7 Å². The van der Waals surface area contributed by atoms with E-state index in [1.54, 1.807) is 32.1 Å². The summed E-state index contributed by atoms with van der Waals surface area (Å²) in [5, 5.41) is 3.82. The molecule has 0 atom stereocenters. The molecular formula is C16H15NO3. The fraction of sp³-hybridized carbons (Fsp3) is 0.188. The first-order valence-corrected chi connectivity index (χ1v) is 6.24. The van der Waals surface area contributed by atoms with Crippen molar-refractivity contribution in [1.82, 2.24) is 0 Å². The van der Waals surface area contributed by atoms with Gasteiger partial charge in [-0.1, -0.05) is 22.9 Å². The molecule has 0 unspecified atom stereocenters. The summed E-state index contributed by atoms with van der Waals surface area (Å²) < 4.78 is 0. The molecule has 0 radical (unpaired) electrons. The molecule has 0 saturated heterocycles. The van der Waals surface area contributed by atoms with E-state index in [1.807, 2.05) is 19.1 Å². The lowest BCUT2D eigenvalue weighted by atomic mass is 9.99. The van der Waals surface area contributed by atoms with E-state index in [9.17, 15) is 9.59 Å². The molecule has 0 aromatic heterocycles. The Morgan fingerprint density at radius 1 is 1.00 bits per heavy atom. The second-order valence-electron chi connectivity index (χ2n) is 4.74. The van der Waals surface area contributed by atoms with Crippen molar-refractivity contribution in [2.45, 2.75) is 20.8 Å². The van der Waals surface area contributed by atoms with Crippen molar-refractivity contribution < 1.29 is 14.4 Å². The van der Waals surface area contributed by atoms with E-state index in [1.165, 1.54) is 6.08 Å². The quantitative estimate of drug-likeness (QED) is 0.471. The Hall–Kier alpha value is -2.49. The molecule has 1 aromatic rings. The molecule has 20 heavy (non-hydrogen) atoms. The summed E-state index contributed by atoms with van der Waals surface area (Å²) in [5.74, 6) is -0.570. The largest absolute Gasteiger partial charge is 0.365 e. The van der Waals surface area contributed by atoms with Gasteiger partial charge in [0.1, 0.15) is 5.71 Å². The van der Waals surface area contributed by atoms with Crippen molar-refractivity contribution in [3.8, 4) is 0 Å². The molecule has 0 heterocycles. The van der Waals surface area contributed by atoms with E-state index in [-0.39, 0.29) is 5.78 Å². The van der Waals surface area contributed by atoms with Crippen molar-refractivity contribution in [1.29, 1.82) is 0 Å². The second-order valence-corrected chi connectivity index (χ2v) is 4.74. The van der Waals surface area contributed by atoms with Gasteiger partial charge in [0.05, 0.1) is 5.56 Å². The highest BCUT2D eigenvalue weighted by molar-refractivity contribution is 6.21. The molecule has 4 heteroatoms. The predicted molar refractivity (Wildman–Crippen MR) is 76.6 cm³/mol. The number of nitrogens with zero attached hydrogens (tertiary/aromatic N) is 1. The van der Waals surface area contributed by atoms with E-state index in [4.69, 9.17) is 4.84 Å². The van der Waals surface area contributed by atoms with Gasteiger partial charge in [0.15, 0.2) is 5.78 Å². The van der Waals surface area contributed by atoms with Gasteiger partial charge < -0.3 is 4.84 Å². The summed E-state index contributed by atoms with van der Waals surface area (Å²) in [4.78, 5) is 28.2. The van der Waals surface area contributed by atoms with Gasteiger partial charge >= 0.3 is 5.97 Å². The molecule has 0 bridgehead atoms. The van der Waals surface area contributed by atoms with Gasteiger partial charge in [-0.25, -0.2) is 4.79 Å². The van der Waals surface area contributed by atoms with Gasteiger partial charge in [0.2, 0.25) is 0 Å². The Morgan fingerprint density at radius 2 is 1.65 bits per heavy atom. The number of hydrogen-bond donors (Lipinski definition) is 0. The SMILES string of the molecule is CC1=CC(=NOC(=O)c2ccc(C)cc2)C(C)=CC1=O. The van der Waals surface area contributed by atoms with Gasteiger partial charge in [-0.15, -0.1) is 0 Å². The van der Waals surface area contributed by atoms with Crippen LogP contribution in [0, 0.1) is 6.92 Å². The number of rotatable bonds is 2. The molecular weight excluding hydrogens is 254 g/mol. The first-order chi connectivity index (χ1) is 9.47. The van der Waals surface area contributed by atoms with Crippen LogP contribution in [0.3, 0.4) is 0 Å². The van der Waals surface area contributed by atoms with Gasteiger partial charge in [-0.05, 0) is 56.2 Å². The Morgan fingerprint density at radius 3 is 2.30 bits per heavy atom. The normalized spacial score (nSPS) is 16.8. The van der Waals surface area contributed by atoms with E-state index >= 15 is 0 Å². The van der Waals surface area contributed by atoms with E-state index < -0.39 is 5.97 Å². The Bertz CT molecular complexity index is 649. The number of carbonyl (C=O) groups is 2. The summed E-state index contributed by atoms with van der Waals surface area (Å²) in [7, 11) is 0. The van der Waals surface area contributed by atoms with Crippen LogP contribution < -0.4 is 0 Å². The zero-order valence-corrected chi connectivity index (χ0v) is 11.6. The average Bonchev–Trinajstić information content (AvgIpc) is 2.42. The van der Waals surface area contributed by atoms with Crippen LogP contribution in [0.25, 0.3) is 0 Å². The van der Waals surface area contributed by atoms with Crippen molar-refractivity contribution in [2.24, 2.45) is 5.16 Å². The highest BCUT2D eigenvalue weighted by Crippen LogP contribution is 2.13. The van der Waals surface area contributed by atoms with Crippen LogP contribution in [0.4, 0.5) is 0 Å². The fourth-order valence-electron chi connectivity index (χ4n) is 1.71. The molecule has 0 N–H and O–H groups in total. The smallest absolute Gasteiger partial charge is 0.312 e. The van der Waals surface area contributed by atoms with Crippen molar-refractivity contribution in [3.63, 3.8) is 0 Å². The molecule has 1 aromatic carbocycles. The number of allylic oxidation sites excluding steroid dienone is 4. The lowest BCUT2D eigenvalue weighted by Gasteiger charge is -2.08. The van der Waals surface area contributed by atoms with Crippen LogP contribution in [-0.4, -0.2) is 17.5 Å². The molecule has 0 fully saturated rings. The summed E-state index contributed by atoms with van der Waals surface area (Å²) in [6.45, 7) is 5.39. The Labute approximate surface area is 117 Å². The first kappa shape index (κ1) is 13.9. The minimum absolute atomic E-state index is 0.0497. The zero-order valence-electron chi connectivity index (χ0n) is 11.6. The van der Waals surface area contributed by atoms with E-state index in [0.29, 0.717) is 22.4 Å². The molecule has 1 aliphatic carbocycles. The maximum atomic E-state index is 11.8. The minimum atomic E-state index is -0.520. The number of carbonyl (C=O) groups excluding carboxylic acids is 2. The first-order valence-electron chi connectivity index (χ1n) is 6.24. The van der Waals surface area contributed by atoms with Crippen LogP contribution in [0.5, 0.6) is 0 Å². The summed E-state index contributed by atoms with van der Waals surface area (Å²) >= 11 is 0. The summed E-state index contributed by atoms with van der Waals surface area (Å²) in [6.07, 6.45) is 3.09. The van der Waals surface area contributed by atoms with Gasteiger partial charge in [-0.2, -0.15) is 0 Å². The molecule has 102 valence electrons. The molecule has 2 rings (SSSR count). The van der Waals surface area contributed by atoms with Gasteiger partial charge in [-0.3, -0.25) is 4.79 Å². The molecule has 4 nitrogen and oxygen atoms in total. The standard InChI is InChI=1S/C16H15NO3/c1-10-4-6-13(7-5-10)16(19)20-17-14-8-12(3)15(18)9-11(14)2/h4-9H,1-3H3. The third-order valence-corrected chi connectivity index (χ3v) is 3.01. The van der Waals surface area contributed by atoms with E-state index in [2.05, 4.69) is 5.16 Å². The van der Waals surface area contributed by atoms with Crippen LogP contribution >= 0.6 is 0 Å². The van der Waals surface area contributed by atoms with Crippen LogP contribution in [0.1, 0.15) is 29.8 Å². The molecule has 0 aliphatic heterocycles. The molecule has 0 amide bonds. The average molecular weight is 269 g/mol. The number of hydrogen-bond acceptors (Lipinski definition) is 4. The molecule has 1 aliphatic rings. The molecule has 0 spiro atoms. The lowest BCUT2D eigenvalue weighted by Crippen LogP contribution is -2.11. The highest BCUT2D eigenvalue weighted by atomic mass is 16.7. The summed E-state index contributed by atoms with van der Waals surface area (Å²) in [6, 6.07) is 7.04. The van der Waals surface area contributed by atoms with Crippen LogP contribution in [0.2, 0.25) is 0 Å². The monoisotopic (exact) mass is 269 g/mol. The number of ketones is 1. The highest BCUT2D eigenvalue weighted by Gasteiger charge is 2.14. The van der Waals surface area contributed by atoms with Gasteiger partial charge in [0.25, 0.3) is 0 Å². The number of oxime groups is 1. The Balaban J connectivity index is 2.13. The zero-order chi connectivity index (χ0) is 14.7. The maximum Gasteiger partial charge on any atom is 0.365 e. The lowest BCUT2D eigenvalue weighted by molar-refractivity contribution is -0.111. The third-order valence-electron chi connectivity index (χ3n) is 3.01. The summed E-state index contributed by atoms with van der Waals surface area (Å²) in [5.41, 5.74) is 3.24. The predicted octanol–water partition coefficient (Wildman–Crippen LogP) is 2.98. The van der Waals surface area contributed by atoms with Crippen LogP contribution in [0.15, 0.2) is 52.7 Å². The maximum absolute atomic E-state index is 11.8. The van der Waals surface area contributed by atoms with Crippen molar-refractivity contribution >= 4 is 17.5 Å². The topological polar surface area (TPSA) is 55.7 Å². The number of benzene rings is 1. The Kier molecular flexibility index (Phi) is 3.94. The van der Waals surface area contributed by atoms with Gasteiger partial charge in [0, 0.05) is 0 Å². The second kappa shape index (κ2) is 5.65. The fourth-order valence-corrected chi connectivity index (χ4v) is 1.71. The third kappa shape index (κ3) is 3.09. The van der Waals surface area contributed by atoms with Crippen LogP contribution in [-0.2, 0) is 9.63 Å². The molecule has 0 saturated carbocycles. The minimum Gasteiger partial charge on any atom is -0.312 e.